The van der Waals surface area contributed by atoms with Crippen molar-refractivity contribution in [3.8, 4) is 0 Å². The van der Waals surface area contributed by atoms with E-state index in [0.717, 1.165) is 4.90 Å². The number of aromatic nitrogens is 2. The van der Waals surface area contributed by atoms with Gasteiger partial charge in [0.05, 0.1) is 0 Å². The van der Waals surface area contributed by atoms with Crippen LogP contribution in [0.3, 0.4) is 0 Å². The lowest BCUT2D eigenvalue weighted by atomic mass is 9.98. The zero-order chi connectivity index (χ0) is 16.3. The van der Waals surface area contributed by atoms with Crippen molar-refractivity contribution in [2.75, 3.05) is 13.2 Å². The quantitative estimate of drug-likeness (QED) is 0.880. The number of aryl methyl sites for hydroxylation is 1. The van der Waals surface area contributed by atoms with E-state index in [1.165, 1.54) is 0 Å². The molecule has 2 heterocycles. The van der Waals surface area contributed by atoms with Crippen molar-refractivity contribution in [1.29, 1.82) is 0 Å². The molecule has 0 spiro atoms. The summed E-state index contributed by atoms with van der Waals surface area (Å²) in [4.78, 5) is 16.6. The maximum atomic E-state index is 13.0. The van der Waals surface area contributed by atoms with Crippen LogP contribution in [0.2, 0.25) is 0 Å². The third-order valence-electron chi connectivity index (χ3n) is 3.34. The van der Waals surface area contributed by atoms with Gasteiger partial charge in [-0.05, 0) is 19.8 Å². The fraction of sp³-hybridized carbons (Fsp3) is 0.750. The Morgan fingerprint density at radius 1 is 1.50 bits per heavy atom. The maximum Gasteiger partial charge on any atom is 0.408 e. The topological polar surface area (TPSA) is 94.5 Å². The number of nitrogens with two attached hydrogens (primary N) is 1. The van der Waals surface area contributed by atoms with Gasteiger partial charge < -0.3 is 19.9 Å². The molecule has 0 aromatic carbocycles. The van der Waals surface area contributed by atoms with Gasteiger partial charge in [0, 0.05) is 12.6 Å². The Kier molecular flexibility index (Phi) is 5.01. The normalized spacial score (nSPS) is 22.9. The molecule has 124 valence electrons. The van der Waals surface area contributed by atoms with Crippen molar-refractivity contribution in [1.82, 2.24) is 15.0 Å². The summed E-state index contributed by atoms with van der Waals surface area (Å²) in [6.07, 6.45) is -4.44. The summed E-state index contributed by atoms with van der Waals surface area (Å²) in [5.41, 5.74) is 5.66. The molecule has 2 atom stereocenters. The minimum atomic E-state index is -4.47. The van der Waals surface area contributed by atoms with E-state index in [1.807, 2.05) is 0 Å². The largest absolute Gasteiger partial charge is 0.408 e. The molecule has 7 nitrogen and oxygen atoms in total. The first kappa shape index (κ1) is 16.7. The highest BCUT2D eigenvalue weighted by molar-refractivity contribution is 5.78. The number of amides is 1. The Bertz CT molecular complexity index is 520. The first-order chi connectivity index (χ1) is 10.3. The number of hydrogen-bond acceptors (Lipinski definition) is 6. The molecule has 0 radical (unpaired) electrons. The fourth-order valence-corrected chi connectivity index (χ4v) is 2.32. The first-order valence-electron chi connectivity index (χ1n) is 6.76. The molecule has 1 aromatic rings. The van der Waals surface area contributed by atoms with E-state index in [9.17, 15) is 18.0 Å². The average Bonchev–Trinajstić information content (AvgIpc) is 2.83. The number of halogens is 3. The number of piperidine rings is 1. The molecule has 0 aliphatic carbocycles. The average molecular weight is 322 g/mol. The highest BCUT2D eigenvalue weighted by Gasteiger charge is 2.47. The number of alkyl halides is 3. The molecule has 2 N–H and O–H groups in total. The van der Waals surface area contributed by atoms with Crippen molar-refractivity contribution >= 4 is 5.91 Å². The highest BCUT2D eigenvalue weighted by atomic mass is 19.4. The number of likely N-dealkylation sites (tertiary alicyclic amines) is 1. The Hall–Kier alpha value is -1.68. The van der Waals surface area contributed by atoms with E-state index in [0.29, 0.717) is 5.82 Å². The van der Waals surface area contributed by atoms with Crippen LogP contribution < -0.4 is 5.73 Å². The lowest BCUT2D eigenvalue weighted by Crippen LogP contribution is -2.57. The molecule has 0 unspecified atom stereocenters. The summed E-state index contributed by atoms with van der Waals surface area (Å²) in [5, 5.41) is 3.53. The monoisotopic (exact) mass is 322 g/mol. The van der Waals surface area contributed by atoms with Crippen LogP contribution in [0.15, 0.2) is 4.52 Å². The minimum Gasteiger partial charge on any atom is -0.362 e. The zero-order valence-electron chi connectivity index (χ0n) is 12.0. The Balaban J connectivity index is 1.90. The number of ether oxygens (including phenoxy) is 1. The molecule has 2 rings (SSSR count). The number of rotatable bonds is 4. The van der Waals surface area contributed by atoms with Gasteiger partial charge in [0.2, 0.25) is 5.91 Å². The van der Waals surface area contributed by atoms with E-state index in [2.05, 4.69) is 10.1 Å². The van der Waals surface area contributed by atoms with Gasteiger partial charge in [-0.3, -0.25) is 4.79 Å². The molecular weight excluding hydrogens is 305 g/mol. The summed E-state index contributed by atoms with van der Waals surface area (Å²) < 4.78 is 48.7. The number of nitrogens with zero attached hydrogens (tertiary/aromatic N) is 3. The minimum absolute atomic E-state index is 0.133. The van der Waals surface area contributed by atoms with Gasteiger partial charge in [-0.15, -0.1) is 0 Å². The second kappa shape index (κ2) is 6.61. The van der Waals surface area contributed by atoms with Crippen LogP contribution in [0.1, 0.15) is 24.6 Å². The lowest BCUT2D eigenvalue weighted by Gasteiger charge is -2.39. The predicted molar refractivity (Wildman–Crippen MR) is 67.5 cm³/mol. The Morgan fingerprint density at radius 2 is 2.23 bits per heavy atom. The SMILES string of the molecule is Cc1noc(COCC(=O)N2C[C@H](N)CC[C@@H]2C(F)(F)F)n1. The van der Waals surface area contributed by atoms with E-state index in [1.54, 1.807) is 6.92 Å². The van der Waals surface area contributed by atoms with Gasteiger partial charge in [0.15, 0.2) is 5.82 Å². The van der Waals surface area contributed by atoms with Crippen LogP contribution in [-0.4, -0.2) is 52.4 Å². The zero-order valence-corrected chi connectivity index (χ0v) is 12.0. The summed E-state index contributed by atoms with van der Waals surface area (Å²) in [7, 11) is 0. The highest BCUT2D eigenvalue weighted by Crippen LogP contribution is 2.31. The molecule has 1 saturated heterocycles. The predicted octanol–water partition coefficient (Wildman–Crippen LogP) is 0.775. The van der Waals surface area contributed by atoms with Crippen LogP contribution in [0.25, 0.3) is 0 Å². The number of carbonyl (C=O) groups excluding carboxylic acids is 1. The third-order valence-corrected chi connectivity index (χ3v) is 3.34. The van der Waals surface area contributed by atoms with Gasteiger partial charge in [-0.2, -0.15) is 18.2 Å². The summed E-state index contributed by atoms with van der Waals surface area (Å²) in [5.74, 6) is -0.189. The molecule has 1 aromatic heterocycles. The van der Waals surface area contributed by atoms with Crippen LogP contribution in [0, 0.1) is 6.92 Å². The number of carbonyl (C=O) groups is 1. The van der Waals surface area contributed by atoms with Crippen molar-refractivity contribution in [2.24, 2.45) is 5.73 Å². The van der Waals surface area contributed by atoms with E-state index < -0.39 is 30.8 Å². The van der Waals surface area contributed by atoms with Gasteiger partial charge in [0.25, 0.3) is 5.89 Å². The van der Waals surface area contributed by atoms with Gasteiger partial charge >= 0.3 is 6.18 Å². The van der Waals surface area contributed by atoms with Crippen molar-refractivity contribution in [3.63, 3.8) is 0 Å². The first-order valence-corrected chi connectivity index (χ1v) is 6.76. The van der Waals surface area contributed by atoms with Crippen LogP contribution in [0.5, 0.6) is 0 Å². The second-order valence-electron chi connectivity index (χ2n) is 5.17. The van der Waals surface area contributed by atoms with Gasteiger partial charge in [0.1, 0.15) is 19.3 Å². The van der Waals surface area contributed by atoms with Crippen LogP contribution >= 0.6 is 0 Å². The fourth-order valence-electron chi connectivity index (χ4n) is 2.32. The van der Waals surface area contributed by atoms with Crippen molar-refractivity contribution < 1.29 is 27.2 Å². The maximum absolute atomic E-state index is 13.0. The molecule has 1 amide bonds. The Morgan fingerprint density at radius 3 is 2.82 bits per heavy atom. The summed E-state index contributed by atoms with van der Waals surface area (Å²) in [6.45, 7) is 0.844. The molecular formula is C12H17F3N4O3. The van der Waals surface area contributed by atoms with Gasteiger partial charge in [-0.1, -0.05) is 5.16 Å². The smallest absolute Gasteiger partial charge is 0.362 e. The molecule has 0 saturated carbocycles. The van der Waals surface area contributed by atoms with Crippen molar-refractivity contribution in [3.05, 3.63) is 11.7 Å². The van der Waals surface area contributed by atoms with Crippen molar-refractivity contribution in [2.45, 2.75) is 44.6 Å². The summed E-state index contributed by atoms with van der Waals surface area (Å²) >= 11 is 0. The second-order valence-corrected chi connectivity index (χ2v) is 5.17. The molecule has 1 aliphatic heterocycles. The standard InChI is InChI=1S/C12H17F3N4O3/c1-7-17-10(22-18-7)5-21-6-11(20)19-4-8(16)2-3-9(19)12(13,14)15/h8-9H,2-6,16H2,1H3/t8-,9-/m1/s1. The van der Waals surface area contributed by atoms with E-state index >= 15 is 0 Å². The van der Waals surface area contributed by atoms with E-state index in [-0.39, 0.29) is 31.9 Å². The molecule has 10 heteroatoms. The lowest BCUT2D eigenvalue weighted by molar-refractivity contribution is -0.198. The van der Waals surface area contributed by atoms with Crippen LogP contribution in [-0.2, 0) is 16.1 Å². The van der Waals surface area contributed by atoms with Gasteiger partial charge in [-0.25, -0.2) is 0 Å². The third kappa shape index (κ3) is 4.17. The van der Waals surface area contributed by atoms with Crippen LogP contribution in [0.4, 0.5) is 13.2 Å². The van der Waals surface area contributed by atoms with E-state index in [4.69, 9.17) is 15.0 Å². The molecule has 0 bridgehead atoms. The summed E-state index contributed by atoms with van der Waals surface area (Å²) in [6, 6.07) is -2.27. The molecule has 1 fully saturated rings. The molecule has 22 heavy (non-hydrogen) atoms. The number of hydrogen-bond donors (Lipinski definition) is 1. The Labute approximate surface area is 124 Å². The molecule has 1 aliphatic rings.